The SMILES string of the molecule is CCN(C(=O)Nc1ccc(N)cc1)C(C)COC. The number of carbonyl (C=O) groups excluding carboxylic acids is 1. The van der Waals surface area contributed by atoms with Crippen molar-refractivity contribution in [3.63, 3.8) is 0 Å². The van der Waals surface area contributed by atoms with Crippen LogP contribution in [0, 0.1) is 0 Å². The van der Waals surface area contributed by atoms with Gasteiger partial charge in [-0.2, -0.15) is 0 Å². The molecule has 0 aliphatic carbocycles. The van der Waals surface area contributed by atoms with Gasteiger partial charge in [0.15, 0.2) is 0 Å². The summed E-state index contributed by atoms with van der Waals surface area (Å²) in [5.74, 6) is 0. The second-order valence-electron chi connectivity index (χ2n) is 4.14. The topological polar surface area (TPSA) is 67.6 Å². The minimum Gasteiger partial charge on any atom is -0.399 e. The Morgan fingerprint density at radius 3 is 2.56 bits per heavy atom. The highest BCUT2D eigenvalue weighted by atomic mass is 16.5. The van der Waals surface area contributed by atoms with Gasteiger partial charge in [-0.15, -0.1) is 0 Å². The fourth-order valence-electron chi connectivity index (χ4n) is 1.75. The van der Waals surface area contributed by atoms with Gasteiger partial charge in [-0.05, 0) is 38.1 Å². The molecule has 0 aliphatic rings. The number of amides is 2. The number of hydrogen-bond donors (Lipinski definition) is 2. The average Bonchev–Trinajstić information content (AvgIpc) is 2.33. The van der Waals surface area contributed by atoms with Crippen molar-refractivity contribution in [3.05, 3.63) is 24.3 Å². The molecule has 1 aromatic rings. The predicted octanol–water partition coefficient (Wildman–Crippen LogP) is 2.16. The van der Waals surface area contributed by atoms with Gasteiger partial charge >= 0.3 is 6.03 Å². The zero-order chi connectivity index (χ0) is 13.5. The molecular weight excluding hydrogens is 230 g/mol. The third-order valence-electron chi connectivity index (χ3n) is 2.70. The summed E-state index contributed by atoms with van der Waals surface area (Å²) in [6.45, 7) is 5.04. The molecule has 2 amide bonds. The lowest BCUT2D eigenvalue weighted by Gasteiger charge is -2.27. The molecule has 18 heavy (non-hydrogen) atoms. The standard InChI is InChI=1S/C13H21N3O2/c1-4-16(10(2)9-18-3)13(17)15-12-7-5-11(14)6-8-12/h5-8,10H,4,9,14H2,1-3H3,(H,15,17). The quantitative estimate of drug-likeness (QED) is 0.788. The molecule has 0 aromatic heterocycles. The Kier molecular flexibility index (Phi) is 5.45. The van der Waals surface area contributed by atoms with Crippen LogP contribution in [-0.4, -0.2) is 37.2 Å². The van der Waals surface area contributed by atoms with Crippen molar-refractivity contribution in [2.45, 2.75) is 19.9 Å². The van der Waals surface area contributed by atoms with E-state index in [-0.39, 0.29) is 12.1 Å². The molecule has 1 unspecified atom stereocenters. The Bertz CT molecular complexity index is 378. The number of ether oxygens (including phenoxy) is 1. The first-order chi connectivity index (χ1) is 8.58. The van der Waals surface area contributed by atoms with Crippen molar-refractivity contribution in [3.8, 4) is 0 Å². The van der Waals surface area contributed by atoms with Crippen LogP contribution in [-0.2, 0) is 4.74 Å². The number of carbonyl (C=O) groups is 1. The van der Waals surface area contributed by atoms with Gasteiger partial charge in [0, 0.05) is 25.0 Å². The van der Waals surface area contributed by atoms with Gasteiger partial charge in [0.25, 0.3) is 0 Å². The van der Waals surface area contributed by atoms with Crippen LogP contribution in [0.25, 0.3) is 0 Å². The van der Waals surface area contributed by atoms with Gasteiger partial charge in [-0.25, -0.2) is 4.79 Å². The van der Waals surface area contributed by atoms with Crippen LogP contribution in [0.4, 0.5) is 16.2 Å². The van der Waals surface area contributed by atoms with Gasteiger partial charge < -0.3 is 20.7 Å². The summed E-state index contributed by atoms with van der Waals surface area (Å²) in [5.41, 5.74) is 7.00. The normalized spacial score (nSPS) is 11.9. The smallest absolute Gasteiger partial charge is 0.322 e. The Morgan fingerprint density at radius 2 is 2.06 bits per heavy atom. The second-order valence-corrected chi connectivity index (χ2v) is 4.14. The Labute approximate surface area is 108 Å². The second kappa shape index (κ2) is 6.86. The molecule has 3 N–H and O–H groups in total. The largest absolute Gasteiger partial charge is 0.399 e. The number of benzene rings is 1. The lowest BCUT2D eigenvalue weighted by atomic mass is 10.3. The minimum atomic E-state index is -0.133. The molecule has 100 valence electrons. The van der Waals surface area contributed by atoms with Gasteiger partial charge in [0.1, 0.15) is 0 Å². The highest BCUT2D eigenvalue weighted by Crippen LogP contribution is 2.12. The summed E-state index contributed by atoms with van der Waals surface area (Å²) in [6, 6.07) is 6.97. The van der Waals surface area contributed by atoms with Crippen LogP contribution in [0.5, 0.6) is 0 Å². The molecule has 5 heteroatoms. The number of urea groups is 1. The third kappa shape index (κ3) is 3.92. The van der Waals surface area contributed by atoms with E-state index < -0.39 is 0 Å². The van der Waals surface area contributed by atoms with Crippen LogP contribution in [0.2, 0.25) is 0 Å². The molecule has 0 radical (unpaired) electrons. The van der Waals surface area contributed by atoms with E-state index in [0.717, 1.165) is 5.69 Å². The van der Waals surface area contributed by atoms with Crippen molar-refractivity contribution >= 4 is 17.4 Å². The number of nitrogens with zero attached hydrogens (tertiary/aromatic N) is 1. The van der Waals surface area contributed by atoms with Crippen LogP contribution in [0.3, 0.4) is 0 Å². The predicted molar refractivity (Wildman–Crippen MR) is 73.6 cm³/mol. The van der Waals surface area contributed by atoms with E-state index in [4.69, 9.17) is 10.5 Å². The van der Waals surface area contributed by atoms with E-state index in [2.05, 4.69) is 5.32 Å². The number of hydrogen-bond acceptors (Lipinski definition) is 3. The summed E-state index contributed by atoms with van der Waals surface area (Å²) >= 11 is 0. The number of methoxy groups -OCH3 is 1. The number of nitrogens with one attached hydrogen (secondary N) is 1. The fourth-order valence-corrected chi connectivity index (χ4v) is 1.75. The average molecular weight is 251 g/mol. The molecule has 0 saturated carbocycles. The molecule has 1 aromatic carbocycles. The van der Waals surface area contributed by atoms with Crippen molar-refractivity contribution in [1.29, 1.82) is 0 Å². The van der Waals surface area contributed by atoms with Gasteiger partial charge in [0.05, 0.1) is 12.6 Å². The maximum atomic E-state index is 12.1. The Hall–Kier alpha value is -1.75. The first-order valence-electron chi connectivity index (χ1n) is 6.00. The molecule has 0 saturated heterocycles. The summed E-state index contributed by atoms with van der Waals surface area (Å²) in [5, 5.41) is 2.84. The van der Waals surface area contributed by atoms with Gasteiger partial charge in [0.2, 0.25) is 0 Å². The molecule has 1 rings (SSSR count). The summed E-state index contributed by atoms with van der Waals surface area (Å²) in [4.78, 5) is 13.8. The molecule has 5 nitrogen and oxygen atoms in total. The van der Waals surface area contributed by atoms with E-state index in [0.29, 0.717) is 18.8 Å². The maximum Gasteiger partial charge on any atom is 0.322 e. The lowest BCUT2D eigenvalue weighted by molar-refractivity contribution is 0.119. The molecule has 0 bridgehead atoms. The van der Waals surface area contributed by atoms with E-state index in [1.807, 2.05) is 13.8 Å². The Balaban J connectivity index is 2.64. The maximum absolute atomic E-state index is 12.1. The zero-order valence-electron chi connectivity index (χ0n) is 11.1. The van der Waals surface area contributed by atoms with E-state index in [1.54, 1.807) is 36.3 Å². The van der Waals surface area contributed by atoms with Crippen LogP contribution in [0.1, 0.15) is 13.8 Å². The molecule has 0 aliphatic heterocycles. The van der Waals surface area contributed by atoms with E-state index >= 15 is 0 Å². The molecule has 0 fully saturated rings. The lowest BCUT2D eigenvalue weighted by Crippen LogP contribution is -2.43. The number of rotatable bonds is 5. The number of nitrogen functional groups attached to an aromatic ring is 1. The number of likely N-dealkylation sites (N-methyl/N-ethyl adjacent to an activating group) is 1. The zero-order valence-corrected chi connectivity index (χ0v) is 11.1. The molecule has 0 spiro atoms. The summed E-state index contributed by atoms with van der Waals surface area (Å²) in [7, 11) is 1.63. The summed E-state index contributed by atoms with van der Waals surface area (Å²) < 4.78 is 5.06. The third-order valence-corrected chi connectivity index (χ3v) is 2.70. The van der Waals surface area contributed by atoms with Gasteiger partial charge in [-0.1, -0.05) is 0 Å². The van der Waals surface area contributed by atoms with Crippen molar-refractivity contribution in [1.82, 2.24) is 4.90 Å². The van der Waals surface area contributed by atoms with Crippen LogP contribution >= 0.6 is 0 Å². The van der Waals surface area contributed by atoms with E-state index in [9.17, 15) is 4.79 Å². The first kappa shape index (κ1) is 14.3. The number of anilines is 2. The minimum absolute atomic E-state index is 0.0359. The van der Waals surface area contributed by atoms with Crippen LogP contribution in [0.15, 0.2) is 24.3 Å². The highest BCUT2D eigenvalue weighted by molar-refractivity contribution is 5.89. The Morgan fingerprint density at radius 1 is 1.44 bits per heavy atom. The van der Waals surface area contributed by atoms with Gasteiger partial charge in [-0.3, -0.25) is 0 Å². The van der Waals surface area contributed by atoms with Crippen LogP contribution < -0.4 is 11.1 Å². The highest BCUT2D eigenvalue weighted by Gasteiger charge is 2.18. The molecular formula is C13H21N3O2. The first-order valence-corrected chi connectivity index (χ1v) is 6.00. The van der Waals surface area contributed by atoms with Crippen molar-refractivity contribution < 1.29 is 9.53 Å². The monoisotopic (exact) mass is 251 g/mol. The number of nitrogens with two attached hydrogens (primary N) is 1. The summed E-state index contributed by atoms with van der Waals surface area (Å²) in [6.07, 6.45) is 0. The van der Waals surface area contributed by atoms with Crippen molar-refractivity contribution in [2.24, 2.45) is 0 Å². The fraction of sp³-hybridized carbons (Fsp3) is 0.462. The van der Waals surface area contributed by atoms with Crippen molar-refractivity contribution in [2.75, 3.05) is 31.3 Å². The molecule has 1 atom stereocenters. The van der Waals surface area contributed by atoms with E-state index in [1.165, 1.54) is 0 Å². The molecule has 0 heterocycles.